The van der Waals surface area contributed by atoms with E-state index in [0.29, 0.717) is 23.5 Å². The van der Waals surface area contributed by atoms with Gasteiger partial charge >= 0.3 is 0 Å². The molecule has 1 heterocycles. The highest BCUT2D eigenvalue weighted by molar-refractivity contribution is 5.99. The summed E-state index contributed by atoms with van der Waals surface area (Å²) in [6, 6.07) is 3.86. The van der Waals surface area contributed by atoms with Crippen molar-refractivity contribution in [2.75, 3.05) is 0 Å². The summed E-state index contributed by atoms with van der Waals surface area (Å²) in [6.07, 6.45) is 6.90. The minimum atomic E-state index is 0.326. The number of carbonyl (C=O) groups excluding carboxylic acids is 1. The van der Waals surface area contributed by atoms with Crippen molar-refractivity contribution in [1.82, 2.24) is 4.98 Å². The maximum absolute atomic E-state index is 12.2. The average Bonchev–Trinajstić information content (AvgIpc) is 3.03. The van der Waals surface area contributed by atoms with Gasteiger partial charge in [0.05, 0.1) is 0 Å². The van der Waals surface area contributed by atoms with E-state index in [4.69, 9.17) is 0 Å². The molecule has 1 aromatic heterocycles. The molecule has 2 unspecified atom stereocenters. The van der Waals surface area contributed by atoms with E-state index in [1.165, 1.54) is 25.7 Å². The van der Waals surface area contributed by atoms with Gasteiger partial charge in [0.2, 0.25) is 0 Å². The van der Waals surface area contributed by atoms with Crippen LogP contribution in [0.15, 0.2) is 18.3 Å². The van der Waals surface area contributed by atoms with Crippen molar-refractivity contribution in [3.8, 4) is 0 Å². The third-order valence-corrected chi connectivity index (χ3v) is 4.16. The zero-order chi connectivity index (χ0) is 11.1. The van der Waals surface area contributed by atoms with Crippen molar-refractivity contribution in [1.29, 1.82) is 0 Å². The lowest BCUT2D eigenvalue weighted by molar-refractivity contribution is 0.0956. The van der Waals surface area contributed by atoms with Crippen molar-refractivity contribution in [2.24, 2.45) is 17.8 Å². The Bertz CT molecular complexity index is 397. The van der Waals surface area contributed by atoms with E-state index in [0.717, 1.165) is 11.3 Å². The van der Waals surface area contributed by atoms with E-state index in [9.17, 15) is 4.79 Å². The number of nitrogens with zero attached hydrogens (tertiary/aromatic N) is 1. The molecule has 2 fully saturated rings. The van der Waals surface area contributed by atoms with Crippen LogP contribution in [-0.4, -0.2) is 10.8 Å². The van der Waals surface area contributed by atoms with E-state index >= 15 is 0 Å². The fourth-order valence-electron chi connectivity index (χ4n) is 3.19. The van der Waals surface area contributed by atoms with Crippen molar-refractivity contribution < 1.29 is 4.79 Å². The normalized spacial score (nSPS) is 31.9. The summed E-state index contributed by atoms with van der Waals surface area (Å²) in [5.74, 6) is 2.06. The van der Waals surface area contributed by atoms with Crippen LogP contribution >= 0.6 is 0 Å². The molecule has 0 radical (unpaired) electrons. The second-order valence-electron chi connectivity index (χ2n) is 5.19. The Hall–Kier alpha value is -1.18. The van der Waals surface area contributed by atoms with E-state index in [1.807, 2.05) is 19.1 Å². The lowest BCUT2D eigenvalue weighted by atomic mass is 10.0. The number of Topliss-reactive ketones (excluding diaryl/α,β-unsaturated/α-hetero) is 1. The number of pyridine rings is 1. The van der Waals surface area contributed by atoms with Crippen LogP contribution in [0, 0.1) is 24.7 Å². The highest BCUT2D eigenvalue weighted by Crippen LogP contribution is 2.56. The van der Waals surface area contributed by atoms with Crippen LogP contribution in [0.5, 0.6) is 0 Å². The van der Waals surface area contributed by atoms with Gasteiger partial charge in [-0.15, -0.1) is 0 Å². The summed E-state index contributed by atoms with van der Waals surface area (Å²) in [5, 5.41) is 0. The Labute approximate surface area is 96.1 Å². The average molecular weight is 215 g/mol. The van der Waals surface area contributed by atoms with Crippen molar-refractivity contribution in [2.45, 2.75) is 32.6 Å². The standard InChI is InChI=1S/C14H17NO/c1-9-6-7-10(8-15-9)14(16)13-11-4-2-3-5-12(11)13/h6-8,11-13H,2-5H2,1H3. The van der Waals surface area contributed by atoms with Gasteiger partial charge in [-0.1, -0.05) is 12.8 Å². The van der Waals surface area contributed by atoms with E-state index < -0.39 is 0 Å². The SMILES string of the molecule is Cc1ccc(C(=O)C2C3CCCCC32)cn1. The van der Waals surface area contributed by atoms with Gasteiger partial charge in [0.1, 0.15) is 0 Å². The van der Waals surface area contributed by atoms with E-state index in [-0.39, 0.29) is 0 Å². The first-order valence-corrected chi connectivity index (χ1v) is 6.24. The molecule has 0 aliphatic heterocycles. The summed E-state index contributed by atoms with van der Waals surface area (Å²) in [7, 11) is 0. The fraction of sp³-hybridized carbons (Fsp3) is 0.571. The third kappa shape index (κ3) is 1.57. The zero-order valence-corrected chi connectivity index (χ0v) is 9.65. The number of aryl methyl sites for hydroxylation is 1. The maximum atomic E-state index is 12.2. The van der Waals surface area contributed by atoms with Crippen LogP contribution in [0.25, 0.3) is 0 Å². The van der Waals surface area contributed by atoms with Crippen LogP contribution in [0.3, 0.4) is 0 Å². The Morgan fingerprint density at radius 3 is 2.50 bits per heavy atom. The fourth-order valence-corrected chi connectivity index (χ4v) is 3.19. The van der Waals surface area contributed by atoms with Crippen LogP contribution in [0.1, 0.15) is 41.7 Å². The molecule has 2 atom stereocenters. The van der Waals surface area contributed by atoms with Gasteiger partial charge in [0.25, 0.3) is 0 Å². The van der Waals surface area contributed by atoms with Crippen LogP contribution in [0.4, 0.5) is 0 Å². The zero-order valence-electron chi connectivity index (χ0n) is 9.65. The molecule has 0 aromatic carbocycles. The molecular formula is C14H17NO. The second-order valence-corrected chi connectivity index (χ2v) is 5.19. The van der Waals surface area contributed by atoms with Crippen LogP contribution in [0.2, 0.25) is 0 Å². The number of hydrogen-bond acceptors (Lipinski definition) is 2. The number of rotatable bonds is 2. The quantitative estimate of drug-likeness (QED) is 0.710. The molecule has 16 heavy (non-hydrogen) atoms. The smallest absolute Gasteiger partial charge is 0.168 e. The molecule has 0 saturated heterocycles. The summed E-state index contributed by atoms with van der Waals surface area (Å²) < 4.78 is 0. The lowest BCUT2D eigenvalue weighted by Gasteiger charge is -2.04. The molecule has 2 nitrogen and oxygen atoms in total. The van der Waals surface area contributed by atoms with Gasteiger partial charge < -0.3 is 0 Å². The molecule has 0 bridgehead atoms. The number of carbonyl (C=O) groups is 1. The Morgan fingerprint density at radius 2 is 1.94 bits per heavy atom. The maximum Gasteiger partial charge on any atom is 0.168 e. The molecule has 2 heteroatoms. The van der Waals surface area contributed by atoms with Gasteiger partial charge in [-0.05, 0) is 43.7 Å². The number of aromatic nitrogens is 1. The second kappa shape index (κ2) is 3.69. The number of fused-ring (bicyclic) bond motifs is 1. The summed E-state index contributed by atoms with van der Waals surface area (Å²) in [6.45, 7) is 1.95. The topological polar surface area (TPSA) is 30.0 Å². The highest BCUT2D eigenvalue weighted by Gasteiger charge is 2.54. The monoisotopic (exact) mass is 215 g/mol. The molecule has 0 N–H and O–H groups in total. The molecule has 0 amide bonds. The highest BCUT2D eigenvalue weighted by atomic mass is 16.1. The van der Waals surface area contributed by atoms with Gasteiger partial charge in [-0.2, -0.15) is 0 Å². The van der Waals surface area contributed by atoms with Gasteiger partial charge in [-0.25, -0.2) is 0 Å². The number of ketones is 1. The Balaban J connectivity index is 1.76. The molecule has 0 spiro atoms. The summed E-state index contributed by atoms with van der Waals surface area (Å²) in [4.78, 5) is 16.5. The first-order valence-electron chi connectivity index (χ1n) is 6.24. The van der Waals surface area contributed by atoms with Crippen molar-refractivity contribution in [3.63, 3.8) is 0 Å². The predicted molar refractivity (Wildman–Crippen MR) is 62.2 cm³/mol. The summed E-state index contributed by atoms with van der Waals surface area (Å²) >= 11 is 0. The minimum Gasteiger partial charge on any atom is -0.294 e. The minimum absolute atomic E-state index is 0.326. The first kappa shape index (κ1) is 10.0. The third-order valence-electron chi connectivity index (χ3n) is 4.16. The molecule has 2 saturated carbocycles. The summed E-state index contributed by atoms with van der Waals surface area (Å²) in [5.41, 5.74) is 1.79. The largest absolute Gasteiger partial charge is 0.294 e. The Kier molecular flexibility index (Phi) is 2.31. The van der Waals surface area contributed by atoms with E-state index in [1.54, 1.807) is 6.20 Å². The molecule has 2 aliphatic carbocycles. The van der Waals surface area contributed by atoms with Gasteiger partial charge in [0.15, 0.2) is 5.78 Å². The molecular weight excluding hydrogens is 198 g/mol. The number of hydrogen-bond donors (Lipinski definition) is 0. The molecule has 2 aliphatic rings. The Morgan fingerprint density at radius 1 is 1.25 bits per heavy atom. The molecule has 1 aromatic rings. The van der Waals surface area contributed by atoms with E-state index in [2.05, 4.69) is 4.98 Å². The first-order chi connectivity index (χ1) is 7.77. The molecule has 3 rings (SSSR count). The molecule has 84 valence electrons. The predicted octanol–water partition coefficient (Wildman–Crippen LogP) is 3.01. The van der Waals surface area contributed by atoms with Gasteiger partial charge in [0, 0.05) is 23.4 Å². The van der Waals surface area contributed by atoms with Crippen LogP contribution in [-0.2, 0) is 0 Å². The van der Waals surface area contributed by atoms with Gasteiger partial charge in [-0.3, -0.25) is 9.78 Å². The van der Waals surface area contributed by atoms with Crippen molar-refractivity contribution in [3.05, 3.63) is 29.6 Å². The van der Waals surface area contributed by atoms with Crippen LogP contribution < -0.4 is 0 Å². The lowest BCUT2D eigenvalue weighted by Crippen LogP contribution is -2.04. The van der Waals surface area contributed by atoms with Crippen molar-refractivity contribution >= 4 is 5.78 Å².